The Bertz CT molecular complexity index is 552. The maximum atomic E-state index is 6.08. The van der Waals surface area contributed by atoms with Crippen molar-refractivity contribution < 1.29 is 0 Å². The van der Waals surface area contributed by atoms with Crippen molar-refractivity contribution in [2.24, 2.45) is 11.8 Å². The predicted octanol–water partition coefficient (Wildman–Crippen LogP) is 3.38. The summed E-state index contributed by atoms with van der Waals surface area (Å²) in [5, 5.41) is 11.6. The highest BCUT2D eigenvalue weighted by molar-refractivity contribution is 5.88. The molecule has 0 spiro atoms. The average molecular weight is 258 g/mol. The lowest BCUT2D eigenvalue weighted by Crippen LogP contribution is -2.20. The van der Waals surface area contributed by atoms with Gasteiger partial charge in [-0.2, -0.15) is 5.10 Å². The molecule has 4 heteroatoms. The first-order valence-electron chi connectivity index (χ1n) is 7.19. The molecule has 0 radical (unpaired) electrons. The monoisotopic (exact) mass is 258 g/mol. The third kappa shape index (κ3) is 2.67. The number of aromatic amines is 1. The summed E-state index contributed by atoms with van der Waals surface area (Å²) in [7, 11) is 0. The number of nitrogens with two attached hydrogens (primary N) is 1. The van der Waals surface area contributed by atoms with Gasteiger partial charge in [0.15, 0.2) is 0 Å². The molecule has 0 atom stereocenters. The Labute approximate surface area is 113 Å². The highest BCUT2D eigenvalue weighted by atomic mass is 15.1. The second-order valence-corrected chi connectivity index (χ2v) is 5.90. The molecule has 2 aromatic rings. The van der Waals surface area contributed by atoms with E-state index in [0.29, 0.717) is 0 Å². The van der Waals surface area contributed by atoms with Gasteiger partial charge in [-0.25, -0.2) is 0 Å². The molecule has 102 valence electrons. The highest BCUT2D eigenvalue weighted by Gasteiger charge is 2.18. The predicted molar refractivity (Wildman–Crippen MR) is 80.1 cm³/mol. The Hall–Kier alpha value is -1.71. The molecule has 1 fully saturated rings. The van der Waals surface area contributed by atoms with Gasteiger partial charge in [0.2, 0.25) is 0 Å². The van der Waals surface area contributed by atoms with Crippen molar-refractivity contribution in [3.8, 4) is 0 Å². The Morgan fingerprint density at radius 1 is 1.32 bits per heavy atom. The van der Waals surface area contributed by atoms with E-state index < -0.39 is 0 Å². The molecule has 3 rings (SSSR count). The molecule has 1 aromatic carbocycles. The molecule has 1 heterocycles. The fraction of sp³-hybridized carbons (Fsp3) is 0.533. The number of nitrogens with zero attached hydrogens (tertiary/aromatic N) is 1. The number of hydrogen-bond donors (Lipinski definition) is 3. The van der Waals surface area contributed by atoms with E-state index in [-0.39, 0.29) is 0 Å². The molecule has 0 bridgehead atoms. The number of nitrogens with one attached hydrogen (secondary N) is 2. The number of benzene rings is 1. The van der Waals surface area contributed by atoms with Crippen molar-refractivity contribution in [2.75, 3.05) is 17.6 Å². The Morgan fingerprint density at radius 2 is 2.11 bits per heavy atom. The normalized spacial score (nSPS) is 23.6. The van der Waals surface area contributed by atoms with E-state index in [1.54, 1.807) is 6.20 Å². The van der Waals surface area contributed by atoms with Crippen LogP contribution in [0.4, 0.5) is 11.4 Å². The summed E-state index contributed by atoms with van der Waals surface area (Å²) in [5.41, 5.74) is 8.94. The standard InChI is InChI=1S/C15H22N4/c1-10-2-4-11(5-3-10)8-17-15-7-14-12(6-13(15)16)9-18-19-14/h6-7,9-11,17H,2-5,8,16H2,1H3,(H,18,19). The van der Waals surface area contributed by atoms with Crippen molar-refractivity contribution in [3.63, 3.8) is 0 Å². The van der Waals surface area contributed by atoms with E-state index in [0.717, 1.165) is 40.7 Å². The molecule has 1 aliphatic rings. The minimum atomic E-state index is 0.785. The summed E-state index contributed by atoms with van der Waals surface area (Å²) >= 11 is 0. The van der Waals surface area contributed by atoms with E-state index >= 15 is 0 Å². The number of aromatic nitrogens is 2. The fourth-order valence-corrected chi connectivity index (χ4v) is 2.95. The zero-order valence-electron chi connectivity index (χ0n) is 11.4. The van der Waals surface area contributed by atoms with Gasteiger partial charge in [-0.1, -0.05) is 19.8 Å². The van der Waals surface area contributed by atoms with Crippen LogP contribution in [0.15, 0.2) is 18.3 Å². The van der Waals surface area contributed by atoms with Gasteiger partial charge in [0.25, 0.3) is 0 Å². The van der Waals surface area contributed by atoms with Gasteiger partial charge in [0.05, 0.1) is 23.1 Å². The second-order valence-electron chi connectivity index (χ2n) is 5.90. The highest BCUT2D eigenvalue weighted by Crippen LogP contribution is 2.30. The number of anilines is 2. The summed E-state index contributed by atoms with van der Waals surface area (Å²) in [5.74, 6) is 1.69. The minimum Gasteiger partial charge on any atom is -0.397 e. The lowest BCUT2D eigenvalue weighted by molar-refractivity contribution is 0.300. The van der Waals surface area contributed by atoms with Crippen LogP contribution in [0.25, 0.3) is 10.9 Å². The van der Waals surface area contributed by atoms with Gasteiger partial charge in [-0.3, -0.25) is 5.10 Å². The maximum Gasteiger partial charge on any atom is 0.0672 e. The first-order chi connectivity index (χ1) is 9.22. The van der Waals surface area contributed by atoms with Crippen LogP contribution in [0.5, 0.6) is 0 Å². The number of H-pyrrole nitrogens is 1. The Morgan fingerprint density at radius 3 is 2.89 bits per heavy atom. The van der Waals surface area contributed by atoms with E-state index in [4.69, 9.17) is 5.73 Å². The third-order valence-electron chi connectivity index (χ3n) is 4.33. The molecule has 1 saturated carbocycles. The van der Waals surface area contributed by atoms with Crippen LogP contribution in [0, 0.1) is 11.8 Å². The van der Waals surface area contributed by atoms with Crippen molar-refractivity contribution >= 4 is 22.3 Å². The van der Waals surface area contributed by atoms with Gasteiger partial charge in [0.1, 0.15) is 0 Å². The van der Waals surface area contributed by atoms with Gasteiger partial charge in [-0.15, -0.1) is 0 Å². The van der Waals surface area contributed by atoms with Crippen molar-refractivity contribution in [1.29, 1.82) is 0 Å². The molecule has 4 nitrogen and oxygen atoms in total. The third-order valence-corrected chi connectivity index (χ3v) is 4.33. The molecule has 0 aliphatic heterocycles. The van der Waals surface area contributed by atoms with Gasteiger partial charge in [-0.05, 0) is 36.8 Å². The van der Waals surface area contributed by atoms with Crippen molar-refractivity contribution in [3.05, 3.63) is 18.3 Å². The van der Waals surface area contributed by atoms with Crippen molar-refractivity contribution in [1.82, 2.24) is 10.2 Å². The summed E-state index contributed by atoms with van der Waals surface area (Å²) in [6, 6.07) is 4.03. The molecule has 1 aromatic heterocycles. The SMILES string of the molecule is CC1CCC(CNc2cc3[nH]ncc3cc2N)CC1. The van der Waals surface area contributed by atoms with E-state index in [2.05, 4.69) is 28.5 Å². The van der Waals surface area contributed by atoms with Gasteiger partial charge in [0, 0.05) is 11.9 Å². The summed E-state index contributed by atoms with van der Waals surface area (Å²) in [6.07, 6.45) is 7.20. The number of nitrogen functional groups attached to an aromatic ring is 1. The molecule has 0 saturated heterocycles. The molecular formula is C15H22N4. The molecule has 1 aliphatic carbocycles. The minimum absolute atomic E-state index is 0.785. The first-order valence-corrected chi connectivity index (χ1v) is 7.19. The van der Waals surface area contributed by atoms with Crippen LogP contribution >= 0.6 is 0 Å². The van der Waals surface area contributed by atoms with Gasteiger partial charge >= 0.3 is 0 Å². The molecule has 4 N–H and O–H groups in total. The summed E-state index contributed by atoms with van der Waals surface area (Å²) in [6.45, 7) is 3.38. The van der Waals surface area contributed by atoms with Crippen LogP contribution in [0.2, 0.25) is 0 Å². The maximum absolute atomic E-state index is 6.08. The zero-order valence-corrected chi connectivity index (χ0v) is 11.4. The number of hydrogen-bond acceptors (Lipinski definition) is 3. The van der Waals surface area contributed by atoms with Crippen LogP contribution in [-0.4, -0.2) is 16.7 Å². The van der Waals surface area contributed by atoms with E-state index in [1.807, 2.05) is 6.07 Å². The van der Waals surface area contributed by atoms with Crippen LogP contribution in [-0.2, 0) is 0 Å². The molecule has 19 heavy (non-hydrogen) atoms. The second kappa shape index (κ2) is 5.11. The van der Waals surface area contributed by atoms with Crippen molar-refractivity contribution in [2.45, 2.75) is 32.6 Å². The summed E-state index contributed by atoms with van der Waals surface area (Å²) < 4.78 is 0. The fourth-order valence-electron chi connectivity index (χ4n) is 2.95. The largest absolute Gasteiger partial charge is 0.397 e. The lowest BCUT2D eigenvalue weighted by Gasteiger charge is -2.26. The smallest absolute Gasteiger partial charge is 0.0672 e. The first kappa shape index (κ1) is 12.3. The molecule has 0 unspecified atom stereocenters. The summed E-state index contributed by atoms with van der Waals surface area (Å²) in [4.78, 5) is 0. The Balaban J connectivity index is 1.66. The van der Waals surface area contributed by atoms with Crippen LogP contribution in [0.1, 0.15) is 32.6 Å². The Kier molecular flexibility index (Phi) is 3.32. The zero-order chi connectivity index (χ0) is 13.2. The molecular weight excluding hydrogens is 236 g/mol. The van der Waals surface area contributed by atoms with E-state index in [9.17, 15) is 0 Å². The quantitative estimate of drug-likeness (QED) is 0.739. The number of rotatable bonds is 3. The lowest BCUT2D eigenvalue weighted by atomic mass is 9.83. The topological polar surface area (TPSA) is 66.7 Å². The van der Waals surface area contributed by atoms with Gasteiger partial charge < -0.3 is 11.1 Å². The number of fused-ring (bicyclic) bond motifs is 1. The van der Waals surface area contributed by atoms with Crippen LogP contribution in [0.3, 0.4) is 0 Å². The molecule has 0 amide bonds. The van der Waals surface area contributed by atoms with Crippen LogP contribution < -0.4 is 11.1 Å². The van der Waals surface area contributed by atoms with E-state index in [1.165, 1.54) is 25.7 Å². The average Bonchev–Trinajstić information content (AvgIpc) is 2.85.